The van der Waals surface area contributed by atoms with Gasteiger partial charge in [-0.05, 0) is 24.5 Å². The van der Waals surface area contributed by atoms with Crippen molar-refractivity contribution in [2.75, 3.05) is 26.7 Å². The van der Waals surface area contributed by atoms with Gasteiger partial charge in [0.25, 0.3) is 0 Å². The van der Waals surface area contributed by atoms with Crippen molar-refractivity contribution in [3.63, 3.8) is 0 Å². The van der Waals surface area contributed by atoms with Crippen molar-refractivity contribution < 1.29 is 0 Å². The van der Waals surface area contributed by atoms with E-state index in [1.54, 1.807) is 0 Å². The Hall–Kier alpha value is -0.300. The lowest BCUT2D eigenvalue weighted by molar-refractivity contribution is 0.523. The lowest BCUT2D eigenvalue weighted by atomic mass is 9.96. The molecule has 1 saturated carbocycles. The standard InChI is InChI=1S/C14H18BrN3.HI/c1-18-9-8-16-13(18)17-10-14(6-7-14)11-4-2-3-5-12(11)15;/h2-5H,6-10H2,1H3,(H,16,17);1H. The summed E-state index contributed by atoms with van der Waals surface area (Å²) in [5.41, 5.74) is 1.74. The van der Waals surface area contributed by atoms with Gasteiger partial charge < -0.3 is 10.2 Å². The first kappa shape index (κ1) is 15.1. The molecule has 1 aliphatic heterocycles. The number of aliphatic imine (C=N–C) groups is 1. The third-order valence-corrected chi connectivity index (χ3v) is 4.63. The highest BCUT2D eigenvalue weighted by molar-refractivity contribution is 14.0. The lowest BCUT2D eigenvalue weighted by Crippen LogP contribution is -2.39. The number of guanidine groups is 1. The van der Waals surface area contributed by atoms with Crippen molar-refractivity contribution >= 4 is 45.9 Å². The highest BCUT2D eigenvalue weighted by Gasteiger charge is 2.45. The summed E-state index contributed by atoms with van der Waals surface area (Å²) in [7, 11) is 2.09. The van der Waals surface area contributed by atoms with Gasteiger partial charge in [0.05, 0.1) is 6.54 Å². The highest BCUT2D eigenvalue weighted by Crippen LogP contribution is 2.49. The summed E-state index contributed by atoms with van der Waals surface area (Å²) in [6.07, 6.45) is 2.53. The van der Waals surface area contributed by atoms with Gasteiger partial charge in [-0.2, -0.15) is 0 Å². The van der Waals surface area contributed by atoms with Crippen LogP contribution >= 0.6 is 39.9 Å². The predicted molar refractivity (Wildman–Crippen MR) is 93.4 cm³/mol. The molecule has 0 aromatic heterocycles. The number of benzene rings is 1. The Morgan fingerprint density at radius 2 is 2.11 bits per heavy atom. The van der Waals surface area contributed by atoms with E-state index < -0.39 is 0 Å². The second kappa shape index (κ2) is 5.99. The zero-order chi connectivity index (χ0) is 12.6. The van der Waals surface area contributed by atoms with Crippen LogP contribution in [0.15, 0.2) is 33.7 Å². The summed E-state index contributed by atoms with van der Waals surface area (Å²) in [4.78, 5) is 6.67. The lowest BCUT2D eigenvalue weighted by Gasteiger charge is -2.21. The van der Waals surface area contributed by atoms with E-state index in [9.17, 15) is 0 Å². The minimum absolute atomic E-state index is 0. The van der Waals surface area contributed by atoms with Crippen LogP contribution in [0.2, 0.25) is 0 Å². The molecule has 1 aliphatic carbocycles. The van der Waals surface area contributed by atoms with Crippen molar-refractivity contribution in [1.29, 1.82) is 0 Å². The largest absolute Gasteiger partial charge is 0.355 e. The zero-order valence-corrected chi connectivity index (χ0v) is 14.9. The topological polar surface area (TPSA) is 27.6 Å². The molecule has 0 saturated heterocycles. The minimum Gasteiger partial charge on any atom is -0.355 e. The van der Waals surface area contributed by atoms with Gasteiger partial charge in [-0.15, -0.1) is 24.0 Å². The fourth-order valence-corrected chi connectivity index (χ4v) is 3.26. The van der Waals surface area contributed by atoms with Crippen LogP contribution in [-0.2, 0) is 5.41 Å². The molecule has 5 heteroatoms. The van der Waals surface area contributed by atoms with E-state index in [4.69, 9.17) is 0 Å². The van der Waals surface area contributed by atoms with Crippen LogP contribution in [0.1, 0.15) is 18.4 Å². The van der Waals surface area contributed by atoms with Crippen LogP contribution in [0.5, 0.6) is 0 Å². The van der Waals surface area contributed by atoms with E-state index in [-0.39, 0.29) is 24.0 Å². The smallest absolute Gasteiger partial charge is 0.193 e. The monoisotopic (exact) mass is 435 g/mol. The van der Waals surface area contributed by atoms with Gasteiger partial charge in [-0.1, -0.05) is 34.1 Å². The Morgan fingerprint density at radius 3 is 2.68 bits per heavy atom. The number of nitrogens with one attached hydrogen (secondary N) is 1. The maximum absolute atomic E-state index is 4.48. The van der Waals surface area contributed by atoms with Gasteiger partial charge in [0.2, 0.25) is 0 Å². The molecule has 0 radical (unpaired) electrons. The SMILES string of the molecule is CN1CCN=C1NCC1(c2ccccc2Br)CC1.I. The van der Waals surface area contributed by atoms with Crippen molar-refractivity contribution in [3.8, 4) is 0 Å². The van der Waals surface area contributed by atoms with Crippen LogP contribution < -0.4 is 5.32 Å². The minimum atomic E-state index is 0. The molecule has 0 spiro atoms. The molecule has 3 nitrogen and oxygen atoms in total. The molecule has 1 heterocycles. The van der Waals surface area contributed by atoms with Crippen LogP contribution in [0.25, 0.3) is 0 Å². The summed E-state index contributed by atoms with van der Waals surface area (Å²) in [5, 5.41) is 3.51. The molecule has 1 N–H and O–H groups in total. The van der Waals surface area contributed by atoms with Crippen molar-refractivity contribution in [3.05, 3.63) is 34.3 Å². The Bertz CT molecular complexity index is 485. The summed E-state index contributed by atoms with van der Waals surface area (Å²) < 4.78 is 1.23. The van der Waals surface area contributed by atoms with Crippen molar-refractivity contribution in [2.45, 2.75) is 18.3 Å². The molecule has 3 rings (SSSR count). The van der Waals surface area contributed by atoms with E-state index >= 15 is 0 Å². The normalized spacial score (nSPS) is 19.7. The molecule has 0 bridgehead atoms. The summed E-state index contributed by atoms with van der Waals surface area (Å²) in [6.45, 7) is 2.93. The first-order chi connectivity index (χ1) is 8.71. The second-order valence-corrected chi connectivity index (χ2v) is 6.09. The first-order valence-electron chi connectivity index (χ1n) is 6.46. The highest BCUT2D eigenvalue weighted by atomic mass is 127. The van der Waals surface area contributed by atoms with E-state index in [2.05, 4.69) is 62.5 Å². The molecule has 1 fully saturated rings. The van der Waals surface area contributed by atoms with Crippen LogP contribution in [0.3, 0.4) is 0 Å². The molecule has 0 unspecified atom stereocenters. The number of nitrogens with zero attached hydrogens (tertiary/aromatic N) is 2. The summed E-state index contributed by atoms with van der Waals surface area (Å²) in [6, 6.07) is 8.57. The van der Waals surface area contributed by atoms with Gasteiger partial charge in [-0.3, -0.25) is 4.99 Å². The number of halogens is 2. The van der Waals surface area contributed by atoms with E-state index in [0.717, 1.165) is 25.6 Å². The average Bonchev–Trinajstić information content (AvgIpc) is 3.05. The summed E-state index contributed by atoms with van der Waals surface area (Å²) >= 11 is 3.67. The van der Waals surface area contributed by atoms with Crippen LogP contribution in [-0.4, -0.2) is 37.5 Å². The Kier molecular flexibility index (Phi) is 4.76. The molecule has 0 amide bonds. The third-order valence-electron chi connectivity index (χ3n) is 3.94. The van der Waals surface area contributed by atoms with Gasteiger partial charge in [0, 0.05) is 30.0 Å². The van der Waals surface area contributed by atoms with Crippen molar-refractivity contribution in [1.82, 2.24) is 10.2 Å². The Labute approximate surface area is 140 Å². The molecule has 19 heavy (non-hydrogen) atoms. The first-order valence-corrected chi connectivity index (χ1v) is 7.25. The third kappa shape index (κ3) is 3.07. The predicted octanol–water partition coefficient (Wildman–Crippen LogP) is 2.99. The molecular weight excluding hydrogens is 417 g/mol. The van der Waals surface area contributed by atoms with E-state index in [0.29, 0.717) is 5.41 Å². The van der Waals surface area contributed by atoms with E-state index in [1.165, 1.54) is 22.9 Å². The molecule has 0 atom stereocenters. The van der Waals surface area contributed by atoms with Gasteiger partial charge in [-0.25, -0.2) is 0 Å². The van der Waals surface area contributed by atoms with Gasteiger partial charge in [0.15, 0.2) is 5.96 Å². The van der Waals surface area contributed by atoms with Crippen LogP contribution in [0, 0.1) is 0 Å². The number of rotatable bonds is 3. The Morgan fingerprint density at radius 1 is 1.37 bits per heavy atom. The number of hydrogen-bond acceptors (Lipinski definition) is 3. The Balaban J connectivity index is 0.00000133. The molecular formula is C14H19BrIN3. The van der Waals surface area contributed by atoms with Gasteiger partial charge >= 0.3 is 0 Å². The molecule has 1 aromatic carbocycles. The zero-order valence-electron chi connectivity index (χ0n) is 11.0. The van der Waals surface area contributed by atoms with Gasteiger partial charge in [0.1, 0.15) is 0 Å². The summed E-state index contributed by atoms with van der Waals surface area (Å²) in [5.74, 6) is 1.05. The number of likely N-dealkylation sites (N-methyl/N-ethyl adjacent to an activating group) is 1. The quantitative estimate of drug-likeness (QED) is 0.739. The fraction of sp³-hybridized carbons (Fsp3) is 0.500. The fourth-order valence-electron chi connectivity index (χ4n) is 2.56. The van der Waals surface area contributed by atoms with Crippen molar-refractivity contribution in [2.24, 2.45) is 4.99 Å². The average molecular weight is 436 g/mol. The molecule has 1 aromatic rings. The van der Waals surface area contributed by atoms with E-state index in [1.807, 2.05) is 0 Å². The van der Waals surface area contributed by atoms with Crippen LogP contribution in [0.4, 0.5) is 0 Å². The molecule has 2 aliphatic rings. The maximum atomic E-state index is 4.48. The second-order valence-electron chi connectivity index (χ2n) is 5.24. The maximum Gasteiger partial charge on any atom is 0.193 e. The number of hydrogen-bond donors (Lipinski definition) is 1. The molecule has 104 valence electrons.